The average molecular weight is 424 g/mol. The third-order valence-corrected chi connectivity index (χ3v) is 6.21. The molecule has 0 atom stereocenters. The predicted octanol–water partition coefficient (Wildman–Crippen LogP) is 4.74. The molecule has 1 N–H and O–H groups in total. The minimum absolute atomic E-state index is 0.179. The van der Waals surface area contributed by atoms with E-state index in [0.29, 0.717) is 27.9 Å². The van der Waals surface area contributed by atoms with Gasteiger partial charge in [-0.05, 0) is 30.3 Å². The van der Waals surface area contributed by atoms with Gasteiger partial charge in [0.2, 0.25) is 5.91 Å². The molecule has 0 unspecified atom stereocenters. The predicted molar refractivity (Wildman–Crippen MR) is 121 cm³/mol. The van der Waals surface area contributed by atoms with Gasteiger partial charge < -0.3 is 5.32 Å². The third-order valence-electron chi connectivity index (χ3n) is 5.16. The Morgan fingerprint density at radius 3 is 2.32 bits per heavy atom. The summed E-state index contributed by atoms with van der Waals surface area (Å²) in [5.74, 6) is -0.393. The van der Waals surface area contributed by atoms with Crippen LogP contribution in [-0.2, 0) is 4.79 Å². The second kappa shape index (κ2) is 7.81. The molecule has 0 saturated carbocycles. The quantitative estimate of drug-likeness (QED) is 0.422. The molecule has 6 heteroatoms. The van der Waals surface area contributed by atoms with Crippen molar-refractivity contribution < 1.29 is 14.4 Å². The minimum Gasteiger partial charge on any atom is -0.325 e. The molecular formula is C25H16N2O3S. The lowest BCUT2D eigenvalue weighted by Crippen LogP contribution is -2.21. The van der Waals surface area contributed by atoms with Gasteiger partial charge >= 0.3 is 0 Å². The summed E-state index contributed by atoms with van der Waals surface area (Å²) in [5, 5.41) is 3.85. The first kappa shape index (κ1) is 19.2. The summed E-state index contributed by atoms with van der Waals surface area (Å²) in [5.41, 5.74) is 2.82. The lowest BCUT2D eigenvalue weighted by molar-refractivity contribution is -0.113. The number of anilines is 1. The van der Waals surface area contributed by atoms with E-state index in [-0.39, 0.29) is 23.2 Å². The first-order valence-corrected chi connectivity index (χ1v) is 10.7. The first-order valence-electron chi connectivity index (χ1n) is 9.71. The Morgan fingerprint density at radius 1 is 0.806 bits per heavy atom. The lowest BCUT2D eigenvalue weighted by Gasteiger charge is -2.18. The van der Waals surface area contributed by atoms with Crippen LogP contribution < -0.4 is 5.32 Å². The molecule has 0 spiro atoms. The Hall–Kier alpha value is -3.77. The van der Waals surface area contributed by atoms with Crippen molar-refractivity contribution in [1.82, 2.24) is 4.98 Å². The number of para-hydroxylation sites is 1. The summed E-state index contributed by atoms with van der Waals surface area (Å²) < 4.78 is 0. The standard InChI is InChI=1S/C25H16N2O3S/c28-22(14-31-21-9-3-5-15-6-4-12-26-23(15)21)27-16-10-11-19-20(13-16)25(30)18-8-2-1-7-17(18)24(19)29/h1-13H,14H2,(H,27,28). The highest BCUT2D eigenvalue weighted by Gasteiger charge is 2.29. The van der Waals surface area contributed by atoms with E-state index in [0.717, 1.165) is 15.8 Å². The highest BCUT2D eigenvalue weighted by atomic mass is 32.2. The minimum atomic E-state index is -0.211. The molecule has 0 fully saturated rings. The molecule has 1 aliphatic rings. The van der Waals surface area contributed by atoms with Gasteiger partial charge in [0.25, 0.3) is 0 Å². The molecule has 5 rings (SSSR count). The van der Waals surface area contributed by atoms with Gasteiger partial charge in [-0.3, -0.25) is 19.4 Å². The number of ketones is 2. The van der Waals surface area contributed by atoms with Gasteiger partial charge in [0.1, 0.15) is 0 Å². The molecule has 5 nitrogen and oxygen atoms in total. The van der Waals surface area contributed by atoms with E-state index in [4.69, 9.17) is 0 Å². The fourth-order valence-corrected chi connectivity index (χ4v) is 4.55. The van der Waals surface area contributed by atoms with Gasteiger partial charge in [-0.1, -0.05) is 42.5 Å². The Balaban J connectivity index is 1.33. The van der Waals surface area contributed by atoms with Gasteiger partial charge in [-0.25, -0.2) is 0 Å². The first-order chi connectivity index (χ1) is 15.1. The smallest absolute Gasteiger partial charge is 0.234 e. The number of hydrogen-bond acceptors (Lipinski definition) is 5. The van der Waals surface area contributed by atoms with Crippen LogP contribution in [0.25, 0.3) is 10.9 Å². The number of nitrogens with one attached hydrogen (secondary N) is 1. The number of fused-ring (bicyclic) bond motifs is 3. The SMILES string of the molecule is O=C(CSc1cccc2cccnc12)Nc1ccc2c(c1)C(=O)c1ccccc1C2=O. The van der Waals surface area contributed by atoms with Crippen molar-refractivity contribution in [3.8, 4) is 0 Å². The van der Waals surface area contributed by atoms with Gasteiger partial charge in [-0.15, -0.1) is 11.8 Å². The molecule has 0 bridgehead atoms. The Kier molecular flexibility index (Phi) is 4.84. The van der Waals surface area contributed by atoms with Crippen molar-refractivity contribution in [3.05, 3.63) is 101 Å². The summed E-state index contributed by atoms with van der Waals surface area (Å²) in [7, 11) is 0. The Labute approximate surface area is 182 Å². The van der Waals surface area contributed by atoms with Gasteiger partial charge in [0.05, 0.1) is 11.3 Å². The average Bonchev–Trinajstić information content (AvgIpc) is 2.81. The van der Waals surface area contributed by atoms with Crippen LogP contribution in [0.5, 0.6) is 0 Å². The molecule has 150 valence electrons. The van der Waals surface area contributed by atoms with E-state index in [1.54, 1.807) is 48.7 Å². The van der Waals surface area contributed by atoms with Gasteiger partial charge in [-0.2, -0.15) is 0 Å². The maximum atomic E-state index is 12.9. The number of carbonyl (C=O) groups is 3. The summed E-state index contributed by atoms with van der Waals surface area (Å²) in [6, 6.07) is 21.3. The second-order valence-electron chi connectivity index (χ2n) is 7.13. The maximum absolute atomic E-state index is 12.9. The fraction of sp³-hybridized carbons (Fsp3) is 0.0400. The molecular weight excluding hydrogens is 408 g/mol. The molecule has 1 heterocycles. The largest absolute Gasteiger partial charge is 0.325 e. The number of aromatic nitrogens is 1. The number of nitrogens with zero attached hydrogens (tertiary/aromatic N) is 1. The third kappa shape index (κ3) is 3.51. The van der Waals surface area contributed by atoms with E-state index < -0.39 is 0 Å². The van der Waals surface area contributed by atoms with Crippen molar-refractivity contribution in [3.63, 3.8) is 0 Å². The van der Waals surface area contributed by atoms with Crippen LogP contribution >= 0.6 is 11.8 Å². The Bertz CT molecular complexity index is 1380. The zero-order chi connectivity index (χ0) is 21.4. The van der Waals surface area contributed by atoms with E-state index in [2.05, 4.69) is 10.3 Å². The molecule has 1 aromatic heterocycles. The maximum Gasteiger partial charge on any atom is 0.234 e. The lowest BCUT2D eigenvalue weighted by atomic mass is 9.84. The topological polar surface area (TPSA) is 76.1 Å². The molecule has 1 amide bonds. The van der Waals surface area contributed by atoms with Crippen LogP contribution in [-0.4, -0.2) is 28.2 Å². The summed E-state index contributed by atoms with van der Waals surface area (Å²) >= 11 is 1.40. The van der Waals surface area contributed by atoms with E-state index >= 15 is 0 Å². The van der Waals surface area contributed by atoms with E-state index in [1.165, 1.54) is 11.8 Å². The number of carbonyl (C=O) groups excluding carboxylic acids is 3. The number of benzene rings is 3. The highest BCUT2D eigenvalue weighted by Crippen LogP contribution is 2.30. The van der Waals surface area contributed by atoms with Crippen LogP contribution in [0.2, 0.25) is 0 Å². The molecule has 31 heavy (non-hydrogen) atoms. The second-order valence-corrected chi connectivity index (χ2v) is 8.15. The molecule has 4 aromatic rings. The number of amides is 1. The molecule has 0 saturated heterocycles. The monoisotopic (exact) mass is 424 g/mol. The van der Waals surface area contributed by atoms with Crippen molar-refractivity contribution in [2.24, 2.45) is 0 Å². The van der Waals surface area contributed by atoms with Gasteiger partial charge in [0, 0.05) is 44.4 Å². The fourth-order valence-electron chi connectivity index (χ4n) is 3.71. The number of pyridine rings is 1. The van der Waals surface area contributed by atoms with Crippen LogP contribution in [0, 0.1) is 0 Å². The number of hydrogen-bond donors (Lipinski definition) is 1. The van der Waals surface area contributed by atoms with Crippen molar-refractivity contribution >= 4 is 45.8 Å². The zero-order valence-corrected chi connectivity index (χ0v) is 17.1. The van der Waals surface area contributed by atoms with Crippen LogP contribution in [0.15, 0.2) is 83.9 Å². The summed E-state index contributed by atoms with van der Waals surface area (Å²) in [6.45, 7) is 0. The summed E-state index contributed by atoms with van der Waals surface area (Å²) in [6.07, 6.45) is 1.73. The molecule has 1 aliphatic carbocycles. The molecule has 0 aliphatic heterocycles. The van der Waals surface area contributed by atoms with Crippen molar-refractivity contribution in [1.29, 1.82) is 0 Å². The number of thioether (sulfide) groups is 1. The van der Waals surface area contributed by atoms with Crippen molar-refractivity contribution in [2.75, 3.05) is 11.1 Å². The molecule has 3 aromatic carbocycles. The highest BCUT2D eigenvalue weighted by molar-refractivity contribution is 8.00. The Morgan fingerprint density at radius 2 is 1.52 bits per heavy atom. The van der Waals surface area contributed by atoms with Gasteiger partial charge in [0.15, 0.2) is 11.6 Å². The van der Waals surface area contributed by atoms with E-state index in [9.17, 15) is 14.4 Å². The van der Waals surface area contributed by atoms with Crippen LogP contribution in [0.4, 0.5) is 5.69 Å². The van der Waals surface area contributed by atoms with Crippen LogP contribution in [0.3, 0.4) is 0 Å². The normalized spacial score (nSPS) is 12.4. The van der Waals surface area contributed by atoms with Crippen molar-refractivity contribution in [2.45, 2.75) is 4.90 Å². The summed E-state index contributed by atoms with van der Waals surface area (Å²) in [4.78, 5) is 43.4. The zero-order valence-electron chi connectivity index (χ0n) is 16.3. The number of rotatable bonds is 4. The van der Waals surface area contributed by atoms with Crippen LogP contribution in [0.1, 0.15) is 31.8 Å². The molecule has 0 radical (unpaired) electrons. The van der Waals surface area contributed by atoms with E-state index in [1.807, 2.05) is 30.3 Å².